The second kappa shape index (κ2) is 9.06. The summed E-state index contributed by atoms with van der Waals surface area (Å²) >= 11 is 0. The minimum atomic E-state index is -0.611. The Balaban J connectivity index is 1.62. The maximum absolute atomic E-state index is 14.2. The fourth-order valence-corrected chi connectivity index (χ4v) is 3.34. The fraction of sp³-hybridized carbons (Fsp3) is 0.208. The summed E-state index contributed by atoms with van der Waals surface area (Å²) in [5, 5.41) is 0. The number of rotatable bonds is 6. The van der Waals surface area contributed by atoms with Crippen LogP contribution in [-0.4, -0.2) is 20.2 Å². The second-order valence-electron chi connectivity index (χ2n) is 6.87. The Morgan fingerprint density at radius 1 is 1.10 bits per heavy atom. The van der Waals surface area contributed by atoms with Crippen LogP contribution in [0.25, 0.3) is 0 Å². The zero-order chi connectivity index (χ0) is 21.8. The standard InChI is InChI=1S/C24H21FO6/c1-27-19-8-9-20(23(26)28-2)21(12-19)29-13-16-10-18(25)11-17-14-30-24(31-22(16)17)15-6-4-3-5-7-15/h3-12,24H,13-14H2,1-2H3/t24-/m1/s1. The van der Waals surface area contributed by atoms with Crippen molar-refractivity contribution in [3.63, 3.8) is 0 Å². The minimum Gasteiger partial charge on any atom is -0.497 e. The van der Waals surface area contributed by atoms with E-state index in [1.165, 1.54) is 26.4 Å². The van der Waals surface area contributed by atoms with Crippen LogP contribution in [0.1, 0.15) is 33.3 Å². The van der Waals surface area contributed by atoms with Crippen LogP contribution >= 0.6 is 0 Å². The molecule has 31 heavy (non-hydrogen) atoms. The number of fused-ring (bicyclic) bond motifs is 1. The highest BCUT2D eigenvalue weighted by atomic mass is 19.1. The summed E-state index contributed by atoms with van der Waals surface area (Å²) < 4.78 is 41.9. The van der Waals surface area contributed by atoms with Crippen LogP contribution in [0.15, 0.2) is 60.7 Å². The Labute approximate surface area is 179 Å². The summed E-state index contributed by atoms with van der Waals surface area (Å²) in [6, 6.07) is 17.0. The first-order chi connectivity index (χ1) is 15.1. The SMILES string of the molecule is COC(=O)c1ccc(OC)cc1OCc1cc(F)cc2c1O[C@H](c1ccccc1)OC2. The van der Waals surface area contributed by atoms with Crippen molar-refractivity contribution in [3.8, 4) is 17.2 Å². The molecule has 1 atom stereocenters. The number of carbonyl (C=O) groups is 1. The van der Waals surface area contributed by atoms with Crippen molar-refractivity contribution in [2.24, 2.45) is 0 Å². The molecule has 160 valence electrons. The summed E-state index contributed by atoms with van der Waals surface area (Å²) in [5.74, 6) is 0.298. The molecule has 0 amide bonds. The molecule has 0 spiro atoms. The zero-order valence-electron chi connectivity index (χ0n) is 17.1. The van der Waals surface area contributed by atoms with Crippen molar-refractivity contribution in [2.75, 3.05) is 14.2 Å². The Bertz CT molecular complexity index is 1080. The number of hydrogen-bond donors (Lipinski definition) is 0. The van der Waals surface area contributed by atoms with Crippen molar-refractivity contribution in [3.05, 3.63) is 88.7 Å². The van der Waals surface area contributed by atoms with Gasteiger partial charge in [0.05, 0.1) is 20.8 Å². The Morgan fingerprint density at radius 3 is 2.65 bits per heavy atom. The predicted molar refractivity (Wildman–Crippen MR) is 110 cm³/mol. The van der Waals surface area contributed by atoms with Gasteiger partial charge in [-0.1, -0.05) is 30.3 Å². The lowest BCUT2D eigenvalue weighted by Crippen LogP contribution is -2.20. The summed E-state index contributed by atoms with van der Waals surface area (Å²) in [4.78, 5) is 12.1. The smallest absolute Gasteiger partial charge is 0.341 e. The highest BCUT2D eigenvalue weighted by Gasteiger charge is 2.26. The molecule has 1 aliphatic rings. The maximum Gasteiger partial charge on any atom is 0.341 e. The second-order valence-corrected chi connectivity index (χ2v) is 6.87. The van der Waals surface area contributed by atoms with Crippen LogP contribution in [0.4, 0.5) is 4.39 Å². The lowest BCUT2D eigenvalue weighted by molar-refractivity contribution is -0.112. The van der Waals surface area contributed by atoms with Crippen LogP contribution in [0.2, 0.25) is 0 Å². The summed E-state index contributed by atoms with van der Waals surface area (Å²) in [7, 11) is 2.80. The minimum absolute atomic E-state index is 0.0290. The molecule has 0 radical (unpaired) electrons. The third-order valence-corrected chi connectivity index (χ3v) is 4.87. The number of halogens is 1. The molecule has 6 nitrogen and oxygen atoms in total. The van der Waals surface area contributed by atoms with Gasteiger partial charge >= 0.3 is 5.97 Å². The van der Waals surface area contributed by atoms with E-state index in [9.17, 15) is 9.18 Å². The molecule has 4 rings (SSSR count). The molecule has 1 heterocycles. The van der Waals surface area contributed by atoms with E-state index in [0.29, 0.717) is 22.6 Å². The number of methoxy groups -OCH3 is 2. The third-order valence-electron chi connectivity index (χ3n) is 4.87. The molecule has 0 aromatic heterocycles. The fourth-order valence-electron chi connectivity index (χ4n) is 3.34. The molecule has 3 aromatic carbocycles. The van der Waals surface area contributed by atoms with E-state index in [1.807, 2.05) is 30.3 Å². The normalized spacial score (nSPS) is 14.9. The van der Waals surface area contributed by atoms with E-state index in [-0.39, 0.29) is 24.5 Å². The molecular weight excluding hydrogens is 403 g/mol. The van der Waals surface area contributed by atoms with Gasteiger partial charge in [-0.25, -0.2) is 9.18 Å². The lowest BCUT2D eigenvalue weighted by Gasteiger charge is -2.28. The van der Waals surface area contributed by atoms with E-state index >= 15 is 0 Å². The van der Waals surface area contributed by atoms with Crippen molar-refractivity contribution < 1.29 is 32.9 Å². The number of esters is 1. The van der Waals surface area contributed by atoms with Gasteiger partial charge < -0.3 is 23.7 Å². The van der Waals surface area contributed by atoms with E-state index in [4.69, 9.17) is 23.7 Å². The van der Waals surface area contributed by atoms with Gasteiger partial charge in [0.2, 0.25) is 6.29 Å². The van der Waals surface area contributed by atoms with E-state index in [0.717, 1.165) is 5.56 Å². The monoisotopic (exact) mass is 424 g/mol. The predicted octanol–water partition coefficient (Wildman–Crippen LogP) is 4.81. The highest BCUT2D eigenvalue weighted by molar-refractivity contribution is 5.92. The van der Waals surface area contributed by atoms with Gasteiger partial charge in [-0.15, -0.1) is 0 Å². The number of benzene rings is 3. The first-order valence-electron chi connectivity index (χ1n) is 9.62. The molecule has 0 aliphatic carbocycles. The number of ether oxygens (including phenoxy) is 5. The molecule has 1 aliphatic heterocycles. The van der Waals surface area contributed by atoms with Gasteiger partial charge in [0.1, 0.15) is 35.2 Å². The summed E-state index contributed by atoms with van der Waals surface area (Å²) in [6.45, 7) is 0.172. The molecule has 0 unspecified atom stereocenters. The van der Waals surface area contributed by atoms with E-state index in [1.54, 1.807) is 18.2 Å². The van der Waals surface area contributed by atoms with Crippen LogP contribution < -0.4 is 14.2 Å². The van der Waals surface area contributed by atoms with Crippen LogP contribution in [0, 0.1) is 5.82 Å². The van der Waals surface area contributed by atoms with Crippen molar-refractivity contribution in [2.45, 2.75) is 19.5 Å². The quantitative estimate of drug-likeness (QED) is 0.530. The third kappa shape index (κ3) is 4.46. The van der Waals surface area contributed by atoms with Crippen LogP contribution in [0.3, 0.4) is 0 Å². The first-order valence-corrected chi connectivity index (χ1v) is 9.62. The van der Waals surface area contributed by atoms with E-state index in [2.05, 4.69) is 0 Å². The number of hydrogen-bond acceptors (Lipinski definition) is 6. The van der Waals surface area contributed by atoms with Gasteiger partial charge in [0, 0.05) is 22.8 Å². The van der Waals surface area contributed by atoms with Crippen LogP contribution in [0.5, 0.6) is 17.2 Å². The average Bonchev–Trinajstić information content (AvgIpc) is 2.82. The molecular formula is C24H21FO6. The lowest BCUT2D eigenvalue weighted by atomic mass is 10.1. The molecule has 0 saturated heterocycles. The summed E-state index contributed by atoms with van der Waals surface area (Å²) in [6.07, 6.45) is -0.611. The largest absolute Gasteiger partial charge is 0.497 e. The average molecular weight is 424 g/mol. The molecule has 0 N–H and O–H groups in total. The van der Waals surface area contributed by atoms with Gasteiger partial charge in [0.15, 0.2) is 0 Å². The highest BCUT2D eigenvalue weighted by Crippen LogP contribution is 2.37. The topological polar surface area (TPSA) is 63.2 Å². The van der Waals surface area contributed by atoms with Crippen molar-refractivity contribution in [1.82, 2.24) is 0 Å². The molecule has 0 fully saturated rings. The van der Waals surface area contributed by atoms with Gasteiger partial charge in [0.25, 0.3) is 0 Å². The van der Waals surface area contributed by atoms with E-state index < -0.39 is 18.1 Å². The van der Waals surface area contributed by atoms with Crippen LogP contribution in [-0.2, 0) is 22.7 Å². The zero-order valence-corrected chi connectivity index (χ0v) is 17.1. The maximum atomic E-state index is 14.2. The Hall–Kier alpha value is -3.58. The number of carbonyl (C=O) groups excluding carboxylic acids is 1. The first kappa shape index (κ1) is 20.7. The molecule has 0 saturated carbocycles. The molecule has 7 heteroatoms. The Kier molecular flexibility index (Phi) is 6.04. The van der Waals surface area contributed by atoms with Gasteiger partial charge in [-0.3, -0.25) is 0 Å². The Morgan fingerprint density at radius 2 is 1.90 bits per heavy atom. The molecule has 0 bridgehead atoms. The van der Waals surface area contributed by atoms with Crippen molar-refractivity contribution in [1.29, 1.82) is 0 Å². The van der Waals surface area contributed by atoms with Gasteiger partial charge in [-0.2, -0.15) is 0 Å². The molecule has 3 aromatic rings. The summed E-state index contributed by atoms with van der Waals surface area (Å²) in [5.41, 5.74) is 2.17. The van der Waals surface area contributed by atoms with Gasteiger partial charge in [-0.05, 0) is 24.3 Å². The van der Waals surface area contributed by atoms with Crippen molar-refractivity contribution >= 4 is 5.97 Å².